The van der Waals surface area contributed by atoms with Crippen molar-refractivity contribution in [2.75, 3.05) is 11.9 Å². The Bertz CT molecular complexity index is 673. The highest BCUT2D eigenvalue weighted by atomic mass is 16.5. The highest BCUT2D eigenvalue weighted by Gasteiger charge is 2.05. The molecular formula is C16H16N2O2. The van der Waals surface area contributed by atoms with Gasteiger partial charge in [0.15, 0.2) is 5.58 Å². The van der Waals surface area contributed by atoms with Gasteiger partial charge in [-0.1, -0.05) is 24.3 Å². The van der Waals surface area contributed by atoms with Gasteiger partial charge >= 0.3 is 0 Å². The van der Waals surface area contributed by atoms with Crippen molar-refractivity contribution in [1.82, 2.24) is 4.98 Å². The summed E-state index contributed by atoms with van der Waals surface area (Å²) in [7, 11) is 0. The van der Waals surface area contributed by atoms with Gasteiger partial charge in [0.1, 0.15) is 5.52 Å². The molecule has 0 radical (unpaired) electrons. The van der Waals surface area contributed by atoms with E-state index in [2.05, 4.69) is 10.3 Å². The summed E-state index contributed by atoms with van der Waals surface area (Å²) in [6.45, 7) is 3.31. The maximum atomic E-state index is 5.64. The molecule has 0 saturated heterocycles. The molecule has 1 N–H and O–H groups in total. The fourth-order valence-electron chi connectivity index (χ4n) is 2.01. The molecule has 0 fully saturated rings. The van der Waals surface area contributed by atoms with Gasteiger partial charge in [-0.15, -0.1) is 0 Å². The lowest BCUT2D eigenvalue weighted by Crippen LogP contribution is -1.94. The normalized spacial score (nSPS) is 10.8. The first-order valence-corrected chi connectivity index (χ1v) is 6.64. The predicted octanol–water partition coefficient (Wildman–Crippen LogP) is 4.11. The first-order valence-electron chi connectivity index (χ1n) is 6.64. The van der Waals surface area contributed by atoms with E-state index in [1.54, 1.807) is 0 Å². The molecule has 0 aliphatic carbocycles. The molecule has 0 saturated carbocycles. The molecule has 0 spiro atoms. The van der Waals surface area contributed by atoms with Crippen LogP contribution < -0.4 is 5.32 Å². The van der Waals surface area contributed by atoms with Crippen molar-refractivity contribution in [1.29, 1.82) is 0 Å². The number of rotatable bonds is 5. The molecule has 3 aromatic rings. The maximum absolute atomic E-state index is 5.64. The van der Waals surface area contributed by atoms with E-state index in [0.717, 1.165) is 22.4 Å². The minimum absolute atomic E-state index is 0.500. The van der Waals surface area contributed by atoms with Gasteiger partial charge < -0.3 is 14.5 Å². The van der Waals surface area contributed by atoms with Gasteiger partial charge in [0.25, 0.3) is 6.01 Å². The molecule has 1 heterocycles. The van der Waals surface area contributed by atoms with Gasteiger partial charge in [-0.3, -0.25) is 0 Å². The zero-order valence-electron chi connectivity index (χ0n) is 11.3. The summed E-state index contributed by atoms with van der Waals surface area (Å²) in [6, 6.07) is 16.2. The first kappa shape index (κ1) is 12.7. The summed E-state index contributed by atoms with van der Waals surface area (Å²) in [5, 5.41) is 3.18. The molecule has 0 aliphatic heterocycles. The van der Waals surface area contributed by atoms with E-state index in [1.165, 1.54) is 0 Å². The predicted molar refractivity (Wildman–Crippen MR) is 79.1 cm³/mol. The Balaban J connectivity index is 1.79. The number of ether oxygens (including phenoxy) is 1. The number of fused-ring (bicyclic) bond motifs is 1. The van der Waals surface area contributed by atoms with Crippen LogP contribution in [0.25, 0.3) is 11.1 Å². The third-order valence-corrected chi connectivity index (χ3v) is 2.94. The molecule has 0 bridgehead atoms. The van der Waals surface area contributed by atoms with Gasteiger partial charge in [-0.2, -0.15) is 4.98 Å². The molecular weight excluding hydrogens is 252 g/mol. The lowest BCUT2D eigenvalue weighted by atomic mass is 10.2. The lowest BCUT2D eigenvalue weighted by Gasteiger charge is -2.05. The molecule has 20 heavy (non-hydrogen) atoms. The number of hydrogen-bond acceptors (Lipinski definition) is 4. The van der Waals surface area contributed by atoms with E-state index >= 15 is 0 Å². The Morgan fingerprint density at radius 3 is 2.90 bits per heavy atom. The smallest absolute Gasteiger partial charge is 0.300 e. The fraction of sp³-hybridized carbons (Fsp3) is 0.188. The zero-order chi connectivity index (χ0) is 13.8. The molecule has 0 unspecified atom stereocenters. The second-order valence-corrected chi connectivity index (χ2v) is 4.45. The van der Waals surface area contributed by atoms with Crippen LogP contribution in [0.15, 0.2) is 52.9 Å². The fourth-order valence-corrected chi connectivity index (χ4v) is 2.01. The van der Waals surface area contributed by atoms with Crippen LogP contribution >= 0.6 is 0 Å². The zero-order valence-corrected chi connectivity index (χ0v) is 11.3. The van der Waals surface area contributed by atoms with E-state index in [4.69, 9.17) is 9.15 Å². The minimum Gasteiger partial charge on any atom is -0.423 e. The summed E-state index contributed by atoms with van der Waals surface area (Å²) < 4.78 is 11.0. The SMILES string of the molecule is CCOCc1cccc(Nc2nc3ccccc3o2)c1. The van der Waals surface area contributed by atoms with Crippen molar-refractivity contribution in [3.8, 4) is 0 Å². The number of oxazole rings is 1. The van der Waals surface area contributed by atoms with Crippen LogP contribution in [0.4, 0.5) is 11.7 Å². The summed E-state index contributed by atoms with van der Waals surface area (Å²) in [6.07, 6.45) is 0. The Labute approximate surface area is 117 Å². The number of nitrogens with zero attached hydrogens (tertiary/aromatic N) is 1. The Kier molecular flexibility index (Phi) is 3.65. The maximum Gasteiger partial charge on any atom is 0.300 e. The Hall–Kier alpha value is -2.33. The average Bonchev–Trinajstić information content (AvgIpc) is 2.87. The Morgan fingerprint density at radius 2 is 2.05 bits per heavy atom. The highest BCUT2D eigenvalue weighted by molar-refractivity contribution is 5.75. The number of nitrogens with one attached hydrogen (secondary N) is 1. The van der Waals surface area contributed by atoms with Gasteiger partial charge in [-0.05, 0) is 36.8 Å². The largest absolute Gasteiger partial charge is 0.423 e. The van der Waals surface area contributed by atoms with Crippen molar-refractivity contribution in [2.24, 2.45) is 0 Å². The van der Waals surface area contributed by atoms with E-state index in [9.17, 15) is 0 Å². The standard InChI is InChI=1S/C16H16N2O2/c1-2-19-11-12-6-5-7-13(10-12)17-16-18-14-8-3-4-9-15(14)20-16/h3-10H,2,11H2,1H3,(H,17,18). The van der Waals surface area contributed by atoms with Crippen molar-refractivity contribution >= 4 is 22.8 Å². The summed E-state index contributed by atoms with van der Waals surface area (Å²) in [5.74, 6) is 0. The van der Waals surface area contributed by atoms with Gasteiger partial charge in [-0.25, -0.2) is 0 Å². The third kappa shape index (κ3) is 2.81. The van der Waals surface area contributed by atoms with Crippen LogP contribution in [0.5, 0.6) is 0 Å². The number of anilines is 2. The molecule has 0 amide bonds. The highest BCUT2D eigenvalue weighted by Crippen LogP contribution is 2.22. The molecule has 0 aliphatic rings. The van der Waals surface area contributed by atoms with E-state index in [-0.39, 0.29) is 0 Å². The van der Waals surface area contributed by atoms with Crippen molar-refractivity contribution in [3.05, 3.63) is 54.1 Å². The van der Waals surface area contributed by atoms with Gasteiger partial charge in [0, 0.05) is 12.3 Å². The molecule has 102 valence electrons. The average molecular weight is 268 g/mol. The number of hydrogen-bond donors (Lipinski definition) is 1. The van der Waals surface area contributed by atoms with E-state index < -0.39 is 0 Å². The van der Waals surface area contributed by atoms with Crippen LogP contribution in [0.1, 0.15) is 12.5 Å². The van der Waals surface area contributed by atoms with Crippen LogP contribution in [0.3, 0.4) is 0 Å². The van der Waals surface area contributed by atoms with Crippen LogP contribution in [0, 0.1) is 0 Å². The van der Waals surface area contributed by atoms with Crippen molar-refractivity contribution < 1.29 is 9.15 Å². The van der Waals surface area contributed by atoms with E-state index in [1.807, 2.05) is 55.5 Å². The van der Waals surface area contributed by atoms with E-state index in [0.29, 0.717) is 19.2 Å². The van der Waals surface area contributed by atoms with Crippen LogP contribution in [-0.4, -0.2) is 11.6 Å². The van der Waals surface area contributed by atoms with Crippen LogP contribution in [0.2, 0.25) is 0 Å². The topological polar surface area (TPSA) is 47.3 Å². The van der Waals surface area contributed by atoms with Gasteiger partial charge in [0.05, 0.1) is 6.61 Å². The molecule has 1 aromatic heterocycles. The number of aromatic nitrogens is 1. The summed E-state index contributed by atoms with van der Waals surface area (Å²) in [4.78, 5) is 4.39. The molecule has 4 heteroatoms. The number of para-hydroxylation sites is 2. The molecule has 4 nitrogen and oxygen atoms in total. The Morgan fingerprint density at radius 1 is 1.15 bits per heavy atom. The first-order chi connectivity index (χ1) is 9.85. The summed E-state index contributed by atoms with van der Waals surface area (Å²) >= 11 is 0. The lowest BCUT2D eigenvalue weighted by molar-refractivity contribution is 0.134. The van der Waals surface area contributed by atoms with Crippen molar-refractivity contribution in [2.45, 2.75) is 13.5 Å². The minimum atomic E-state index is 0.500. The molecule has 0 atom stereocenters. The van der Waals surface area contributed by atoms with Crippen LogP contribution in [-0.2, 0) is 11.3 Å². The summed E-state index contributed by atoms with van der Waals surface area (Å²) in [5.41, 5.74) is 3.68. The monoisotopic (exact) mass is 268 g/mol. The molecule has 3 rings (SSSR count). The third-order valence-electron chi connectivity index (χ3n) is 2.94. The molecule has 2 aromatic carbocycles. The second kappa shape index (κ2) is 5.75. The van der Waals surface area contributed by atoms with Crippen molar-refractivity contribution in [3.63, 3.8) is 0 Å². The quantitative estimate of drug-likeness (QED) is 0.756. The second-order valence-electron chi connectivity index (χ2n) is 4.45. The number of benzene rings is 2. The van der Waals surface area contributed by atoms with Gasteiger partial charge in [0.2, 0.25) is 0 Å².